The van der Waals surface area contributed by atoms with Crippen molar-refractivity contribution >= 4 is 0 Å². The highest BCUT2D eigenvalue weighted by atomic mass is 16.3. The van der Waals surface area contributed by atoms with Crippen LogP contribution in [0.2, 0.25) is 0 Å². The Morgan fingerprint density at radius 3 is 1.72 bits per heavy atom. The van der Waals surface area contributed by atoms with E-state index in [4.69, 9.17) is 0 Å². The minimum atomic E-state index is -0.245. The highest BCUT2D eigenvalue weighted by Crippen LogP contribution is 2.28. The second-order valence-corrected chi connectivity index (χ2v) is 7.12. The zero-order valence-corrected chi connectivity index (χ0v) is 16.8. The van der Waals surface area contributed by atoms with Crippen molar-refractivity contribution in [2.45, 2.75) is 90.9 Å². The van der Waals surface area contributed by atoms with Crippen molar-refractivity contribution < 1.29 is 10.2 Å². The van der Waals surface area contributed by atoms with Gasteiger partial charge in [0, 0.05) is 5.41 Å². The predicted octanol–water partition coefficient (Wildman–Crippen LogP) is 6.35. The van der Waals surface area contributed by atoms with Gasteiger partial charge in [-0.1, -0.05) is 82.4 Å². The fourth-order valence-electron chi connectivity index (χ4n) is 2.90. The zero-order valence-electron chi connectivity index (χ0n) is 16.8. The molecule has 146 valence electrons. The van der Waals surface area contributed by atoms with Gasteiger partial charge in [0.2, 0.25) is 0 Å². The molecule has 0 unspecified atom stereocenters. The van der Waals surface area contributed by atoms with Gasteiger partial charge >= 0.3 is 0 Å². The largest absolute Gasteiger partial charge is 0.396 e. The molecule has 0 amide bonds. The molecular formula is C23H42O2. The zero-order chi connectivity index (χ0) is 18.6. The molecule has 0 aromatic heterocycles. The van der Waals surface area contributed by atoms with Crippen LogP contribution in [-0.4, -0.2) is 23.4 Å². The van der Waals surface area contributed by atoms with E-state index in [2.05, 4.69) is 50.3 Å². The normalized spacial score (nSPS) is 13.0. The molecule has 0 aliphatic rings. The summed E-state index contributed by atoms with van der Waals surface area (Å²) in [5.74, 6) is 0. The monoisotopic (exact) mass is 350 g/mol. The lowest BCUT2D eigenvalue weighted by Gasteiger charge is -2.28. The maximum Gasteiger partial charge on any atom is 0.0509 e. The van der Waals surface area contributed by atoms with E-state index in [1.165, 1.54) is 38.5 Å². The average Bonchev–Trinajstić information content (AvgIpc) is 2.65. The SMILES string of the molecule is CC/C=C\C/C=C\C/C=C\CCCCCCCCC(CC)(CO)CO. The molecule has 0 fully saturated rings. The highest BCUT2D eigenvalue weighted by molar-refractivity contribution is 4.96. The Bertz CT molecular complexity index is 343. The van der Waals surface area contributed by atoms with Crippen molar-refractivity contribution in [3.8, 4) is 0 Å². The standard InChI is InChI=1S/C23H42O2/c1-3-5-6-7-8-9-10-11-12-13-14-15-16-17-18-19-20-23(4-2,21-24)22-25/h5-6,8-9,11-12,24-25H,3-4,7,10,13-22H2,1-2H3/b6-5-,9-8-,12-11-. The summed E-state index contributed by atoms with van der Waals surface area (Å²) >= 11 is 0. The summed E-state index contributed by atoms with van der Waals surface area (Å²) in [5, 5.41) is 18.9. The Morgan fingerprint density at radius 2 is 1.16 bits per heavy atom. The summed E-state index contributed by atoms with van der Waals surface area (Å²) in [6.07, 6.45) is 27.2. The number of hydrogen-bond acceptors (Lipinski definition) is 2. The molecule has 0 spiro atoms. The third-order valence-electron chi connectivity index (χ3n) is 5.03. The first-order valence-electron chi connectivity index (χ1n) is 10.4. The van der Waals surface area contributed by atoms with Gasteiger partial charge in [0.25, 0.3) is 0 Å². The third kappa shape index (κ3) is 14.0. The third-order valence-corrected chi connectivity index (χ3v) is 5.03. The Labute approximate surface area is 156 Å². The fraction of sp³-hybridized carbons (Fsp3) is 0.739. The van der Waals surface area contributed by atoms with Gasteiger partial charge in [-0.25, -0.2) is 0 Å². The van der Waals surface area contributed by atoms with Crippen molar-refractivity contribution in [3.05, 3.63) is 36.5 Å². The Morgan fingerprint density at radius 1 is 0.640 bits per heavy atom. The van der Waals surface area contributed by atoms with Gasteiger partial charge < -0.3 is 10.2 Å². The van der Waals surface area contributed by atoms with E-state index >= 15 is 0 Å². The quantitative estimate of drug-likeness (QED) is 0.237. The van der Waals surface area contributed by atoms with Crippen molar-refractivity contribution in [2.24, 2.45) is 5.41 Å². The van der Waals surface area contributed by atoms with Gasteiger partial charge in [-0.3, -0.25) is 0 Å². The van der Waals surface area contributed by atoms with Gasteiger partial charge in [0.05, 0.1) is 13.2 Å². The van der Waals surface area contributed by atoms with Crippen molar-refractivity contribution in [3.63, 3.8) is 0 Å². The smallest absolute Gasteiger partial charge is 0.0509 e. The molecule has 0 aromatic rings. The van der Waals surface area contributed by atoms with Crippen LogP contribution in [0.4, 0.5) is 0 Å². The van der Waals surface area contributed by atoms with E-state index in [-0.39, 0.29) is 18.6 Å². The lowest BCUT2D eigenvalue weighted by molar-refractivity contribution is 0.0416. The molecule has 0 saturated heterocycles. The molecule has 2 nitrogen and oxygen atoms in total. The minimum absolute atomic E-state index is 0.108. The number of unbranched alkanes of at least 4 members (excludes halogenated alkanes) is 6. The first-order chi connectivity index (χ1) is 12.2. The van der Waals surface area contributed by atoms with Crippen LogP contribution in [0.15, 0.2) is 36.5 Å². The molecule has 0 heterocycles. The van der Waals surface area contributed by atoms with Crippen LogP contribution >= 0.6 is 0 Å². The summed E-state index contributed by atoms with van der Waals surface area (Å²) in [4.78, 5) is 0. The molecule has 25 heavy (non-hydrogen) atoms. The van der Waals surface area contributed by atoms with E-state index in [0.29, 0.717) is 0 Å². The van der Waals surface area contributed by atoms with E-state index in [1.807, 2.05) is 0 Å². The molecule has 0 saturated carbocycles. The number of aliphatic hydroxyl groups excluding tert-OH is 2. The molecule has 0 aromatic carbocycles. The summed E-state index contributed by atoms with van der Waals surface area (Å²) in [6, 6.07) is 0. The Kier molecular flexibility index (Phi) is 17.3. The van der Waals surface area contributed by atoms with Crippen LogP contribution in [0.25, 0.3) is 0 Å². The van der Waals surface area contributed by atoms with Crippen molar-refractivity contribution in [1.82, 2.24) is 0 Å². The molecule has 2 heteroatoms. The summed E-state index contributed by atoms with van der Waals surface area (Å²) in [6.45, 7) is 4.43. The first kappa shape index (κ1) is 24.1. The van der Waals surface area contributed by atoms with E-state index < -0.39 is 0 Å². The molecule has 0 bridgehead atoms. The lowest BCUT2D eigenvalue weighted by atomic mass is 9.81. The minimum Gasteiger partial charge on any atom is -0.396 e. The molecule has 0 atom stereocenters. The molecule has 0 aliphatic heterocycles. The van der Waals surface area contributed by atoms with Crippen molar-refractivity contribution in [1.29, 1.82) is 0 Å². The van der Waals surface area contributed by atoms with Gasteiger partial charge in [0.15, 0.2) is 0 Å². The summed E-state index contributed by atoms with van der Waals surface area (Å²) in [7, 11) is 0. The van der Waals surface area contributed by atoms with Gasteiger partial charge in [-0.05, 0) is 44.9 Å². The molecule has 0 rings (SSSR count). The van der Waals surface area contributed by atoms with E-state index in [9.17, 15) is 10.2 Å². The van der Waals surface area contributed by atoms with E-state index in [0.717, 1.165) is 38.5 Å². The maximum atomic E-state index is 9.43. The second-order valence-electron chi connectivity index (χ2n) is 7.12. The topological polar surface area (TPSA) is 40.5 Å². The summed E-state index contributed by atoms with van der Waals surface area (Å²) in [5.41, 5.74) is -0.245. The van der Waals surface area contributed by atoms with Crippen LogP contribution in [0, 0.1) is 5.41 Å². The van der Waals surface area contributed by atoms with Gasteiger partial charge in [-0.15, -0.1) is 0 Å². The summed E-state index contributed by atoms with van der Waals surface area (Å²) < 4.78 is 0. The first-order valence-corrected chi connectivity index (χ1v) is 10.4. The maximum absolute atomic E-state index is 9.43. The molecule has 0 radical (unpaired) electrons. The fourth-order valence-corrected chi connectivity index (χ4v) is 2.90. The number of aliphatic hydroxyl groups is 2. The molecule has 0 aliphatic carbocycles. The van der Waals surface area contributed by atoms with Crippen LogP contribution in [-0.2, 0) is 0 Å². The highest BCUT2D eigenvalue weighted by Gasteiger charge is 2.25. The van der Waals surface area contributed by atoms with Crippen molar-refractivity contribution in [2.75, 3.05) is 13.2 Å². The van der Waals surface area contributed by atoms with Crippen LogP contribution in [0.5, 0.6) is 0 Å². The predicted molar refractivity (Wildman–Crippen MR) is 111 cm³/mol. The number of hydrogen-bond donors (Lipinski definition) is 2. The van der Waals surface area contributed by atoms with Crippen LogP contribution < -0.4 is 0 Å². The molecule has 2 N–H and O–H groups in total. The lowest BCUT2D eigenvalue weighted by Crippen LogP contribution is -2.28. The van der Waals surface area contributed by atoms with Crippen LogP contribution in [0.1, 0.15) is 90.9 Å². The van der Waals surface area contributed by atoms with E-state index in [1.54, 1.807) is 0 Å². The van der Waals surface area contributed by atoms with Crippen LogP contribution in [0.3, 0.4) is 0 Å². The Hall–Kier alpha value is -0.860. The average molecular weight is 351 g/mol. The number of rotatable bonds is 17. The van der Waals surface area contributed by atoms with Gasteiger partial charge in [-0.2, -0.15) is 0 Å². The molecular weight excluding hydrogens is 308 g/mol. The number of allylic oxidation sites excluding steroid dienone is 6. The Balaban J connectivity index is 3.44. The van der Waals surface area contributed by atoms with Gasteiger partial charge in [0.1, 0.15) is 0 Å². The second kappa shape index (κ2) is 17.9.